The van der Waals surface area contributed by atoms with Crippen molar-refractivity contribution in [3.05, 3.63) is 75.8 Å². The molecule has 0 radical (unpaired) electrons. The average Bonchev–Trinajstić information content (AvgIpc) is 2.82. The quantitative estimate of drug-likeness (QED) is 0.573. The van der Waals surface area contributed by atoms with Crippen LogP contribution in [0.15, 0.2) is 53.3 Å². The lowest BCUT2D eigenvalue weighted by molar-refractivity contribution is 0.254. The highest BCUT2D eigenvalue weighted by Gasteiger charge is 2.23. The zero-order valence-corrected chi connectivity index (χ0v) is 18.2. The summed E-state index contributed by atoms with van der Waals surface area (Å²) in [5, 5.41) is 25.0. The topological polar surface area (TPSA) is 84.8 Å². The number of aromatic nitrogens is 1. The predicted molar refractivity (Wildman–Crippen MR) is 125 cm³/mol. The van der Waals surface area contributed by atoms with Gasteiger partial charge in [-0.05, 0) is 48.4 Å². The minimum Gasteiger partial charge on any atom is -0.380 e. The molecule has 4 rings (SSSR count). The molecule has 2 aromatic carbocycles. The molecular weight excluding hydrogens is 425 g/mol. The largest absolute Gasteiger partial charge is 0.380 e. The minimum absolute atomic E-state index is 0.0910. The Morgan fingerprint density at radius 1 is 1.09 bits per heavy atom. The van der Waals surface area contributed by atoms with Crippen LogP contribution in [0.4, 0.5) is 10.1 Å². The number of thiocyanates is 1. The van der Waals surface area contributed by atoms with Gasteiger partial charge in [-0.1, -0.05) is 30.3 Å². The summed E-state index contributed by atoms with van der Waals surface area (Å²) in [7, 11) is 0. The maximum Gasteiger partial charge on any atom is 0.271 e. The number of nitrogens with one attached hydrogen (secondary N) is 1. The third-order valence-corrected chi connectivity index (χ3v) is 6.41. The van der Waals surface area contributed by atoms with Crippen molar-refractivity contribution in [3.63, 3.8) is 0 Å². The highest BCUT2D eigenvalue weighted by molar-refractivity contribution is 8.03. The van der Waals surface area contributed by atoms with Crippen molar-refractivity contribution < 1.29 is 4.39 Å². The molecule has 0 spiro atoms. The average molecular weight is 448 g/mol. The van der Waals surface area contributed by atoms with Gasteiger partial charge in [-0.2, -0.15) is 10.5 Å². The molecule has 1 aliphatic heterocycles. The van der Waals surface area contributed by atoms with Gasteiger partial charge < -0.3 is 9.88 Å². The van der Waals surface area contributed by atoms with E-state index in [0.29, 0.717) is 11.6 Å². The fourth-order valence-corrected chi connectivity index (χ4v) is 4.62. The first-order chi connectivity index (χ1) is 15.6. The van der Waals surface area contributed by atoms with E-state index in [-0.39, 0.29) is 29.5 Å². The molecule has 1 aliphatic rings. The molecule has 32 heavy (non-hydrogen) atoms. The number of benzene rings is 2. The lowest BCUT2D eigenvalue weighted by Gasteiger charge is -2.32. The molecule has 0 atom stereocenters. The third kappa shape index (κ3) is 4.62. The fraction of sp³-hybridized carbons (Fsp3) is 0.292. The van der Waals surface area contributed by atoms with E-state index >= 15 is 0 Å². The number of hydrogen-bond acceptors (Lipinski definition) is 6. The molecule has 3 aromatic rings. The zero-order chi connectivity index (χ0) is 22.5. The Bertz CT molecular complexity index is 1250. The second kappa shape index (κ2) is 9.86. The Morgan fingerprint density at radius 2 is 1.81 bits per heavy atom. The summed E-state index contributed by atoms with van der Waals surface area (Å²) in [6, 6.07) is 15.8. The number of halogens is 1. The van der Waals surface area contributed by atoms with E-state index in [1.165, 1.54) is 23.9 Å². The van der Waals surface area contributed by atoms with Gasteiger partial charge in [0.05, 0.1) is 23.6 Å². The number of likely N-dealkylation sites (tertiary alicyclic amines) is 1. The van der Waals surface area contributed by atoms with Crippen molar-refractivity contribution in [2.75, 3.05) is 24.3 Å². The van der Waals surface area contributed by atoms with Crippen LogP contribution in [0.2, 0.25) is 0 Å². The molecule has 1 saturated heterocycles. The first-order valence-corrected chi connectivity index (χ1v) is 11.4. The van der Waals surface area contributed by atoms with E-state index in [1.54, 1.807) is 16.7 Å². The number of hydrogen-bond donors (Lipinski definition) is 1. The molecule has 0 unspecified atom stereocenters. The number of nitrogens with zero attached hydrogens (tertiary/aromatic N) is 4. The van der Waals surface area contributed by atoms with Crippen molar-refractivity contribution in [3.8, 4) is 11.5 Å². The summed E-state index contributed by atoms with van der Waals surface area (Å²) in [5.41, 5.74) is 1.82. The SMILES string of the molecule is N#CSCN1CCC(Nc2c(C#N)c(=O)n(Cc3ccc(F)cc3)c3ccccc23)CC1. The lowest BCUT2D eigenvalue weighted by atomic mass is 10.0. The Hall–Kier alpha value is -3.33. The number of anilines is 1. The maximum absolute atomic E-state index is 13.3. The maximum atomic E-state index is 13.3. The lowest BCUT2D eigenvalue weighted by Crippen LogP contribution is -2.39. The number of thioether (sulfide) groups is 1. The third-order valence-electron chi connectivity index (χ3n) is 5.79. The van der Waals surface area contributed by atoms with Crippen LogP contribution in [0.1, 0.15) is 24.0 Å². The summed E-state index contributed by atoms with van der Waals surface area (Å²) >= 11 is 1.24. The van der Waals surface area contributed by atoms with Gasteiger partial charge in [0.2, 0.25) is 0 Å². The molecule has 1 fully saturated rings. The molecule has 6 nitrogen and oxygen atoms in total. The molecule has 1 aromatic heterocycles. The summed E-state index contributed by atoms with van der Waals surface area (Å²) in [5.74, 6) is 0.357. The Labute approximate surface area is 189 Å². The van der Waals surface area contributed by atoms with E-state index in [9.17, 15) is 14.4 Å². The first-order valence-electron chi connectivity index (χ1n) is 10.4. The molecule has 0 bridgehead atoms. The number of para-hydroxylation sites is 1. The smallest absolute Gasteiger partial charge is 0.271 e. The van der Waals surface area contributed by atoms with Crippen molar-refractivity contribution in [2.24, 2.45) is 0 Å². The van der Waals surface area contributed by atoms with E-state index < -0.39 is 0 Å². The molecule has 162 valence electrons. The van der Waals surface area contributed by atoms with Gasteiger partial charge in [0.1, 0.15) is 22.9 Å². The molecule has 2 heterocycles. The van der Waals surface area contributed by atoms with E-state index in [4.69, 9.17) is 5.26 Å². The monoisotopic (exact) mass is 447 g/mol. The van der Waals surface area contributed by atoms with E-state index in [0.717, 1.165) is 42.4 Å². The van der Waals surface area contributed by atoms with Crippen molar-refractivity contribution in [1.29, 1.82) is 10.5 Å². The molecule has 0 amide bonds. The van der Waals surface area contributed by atoms with Gasteiger partial charge >= 0.3 is 0 Å². The fourth-order valence-electron chi connectivity index (χ4n) is 4.12. The second-order valence-electron chi connectivity index (χ2n) is 7.80. The van der Waals surface area contributed by atoms with Gasteiger partial charge in [-0.15, -0.1) is 0 Å². The van der Waals surface area contributed by atoms with Crippen LogP contribution >= 0.6 is 11.8 Å². The molecular formula is C24H22FN5OS. The van der Waals surface area contributed by atoms with Crippen LogP contribution < -0.4 is 10.9 Å². The van der Waals surface area contributed by atoms with Gasteiger partial charge in [0, 0.05) is 24.5 Å². The minimum atomic E-state index is -0.360. The molecule has 1 N–H and O–H groups in total. The summed E-state index contributed by atoms with van der Waals surface area (Å²) in [6.07, 6.45) is 1.73. The standard InChI is InChI=1S/C24H22FN5OS/c25-18-7-5-17(6-8-18)14-30-22-4-2-1-3-20(22)23(21(13-26)24(30)31)28-19-9-11-29(12-10-19)16-32-15-27/h1-8,19,28H,9-12,14,16H2. The molecule has 0 aliphatic carbocycles. The number of rotatable bonds is 6. The van der Waals surface area contributed by atoms with Crippen LogP contribution in [-0.2, 0) is 6.54 Å². The summed E-state index contributed by atoms with van der Waals surface area (Å²) < 4.78 is 14.9. The molecule has 8 heteroatoms. The number of pyridine rings is 1. The van der Waals surface area contributed by atoms with Crippen molar-refractivity contribution >= 4 is 28.4 Å². The second-order valence-corrected chi connectivity index (χ2v) is 8.53. The summed E-state index contributed by atoms with van der Waals surface area (Å²) in [6.45, 7) is 1.96. The van der Waals surface area contributed by atoms with E-state index in [1.807, 2.05) is 24.3 Å². The van der Waals surface area contributed by atoms with Crippen molar-refractivity contribution in [1.82, 2.24) is 9.47 Å². The van der Waals surface area contributed by atoms with Gasteiger partial charge in [-0.25, -0.2) is 4.39 Å². The van der Waals surface area contributed by atoms with Crippen LogP contribution in [0, 0.1) is 27.8 Å². The first kappa shape index (κ1) is 21.9. The number of fused-ring (bicyclic) bond motifs is 1. The van der Waals surface area contributed by atoms with E-state index in [2.05, 4.69) is 21.7 Å². The normalized spacial score (nSPS) is 14.7. The highest BCUT2D eigenvalue weighted by Crippen LogP contribution is 2.28. The Kier molecular flexibility index (Phi) is 6.75. The molecule has 0 saturated carbocycles. The highest BCUT2D eigenvalue weighted by atomic mass is 32.2. The predicted octanol–water partition coefficient (Wildman–Crippen LogP) is 4.11. The van der Waals surface area contributed by atoms with Crippen molar-refractivity contribution in [2.45, 2.75) is 25.4 Å². The van der Waals surface area contributed by atoms with Crippen LogP contribution in [0.25, 0.3) is 10.9 Å². The van der Waals surface area contributed by atoms with Gasteiger partial charge in [-0.3, -0.25) is 9.69 Å². The Morgan fingerprint density at radius 3 is 2.50 bits per heavy atom. The van der Waals surface area contributed by atoms with Crippen LogP contribution in [0.5, 0.6) is 0 Å². The van der Waals surface area contributed by atoms with Crippen LogP contribution in [0.3, 0.4) is 0 Å². The number of nitriles is 2. The van der Waals surface area contributed by atoms with Crippen LogP contribution in [-0.4, -0.2) is 34.5 Å². The Balaban J connectivity index is 1.67. The summed E-state index contributed by atoms with van der Waals surface area (Å²) in [4.78, 5) is 15.5. The van der Waals surface area contributed by atoms with Gasteiger partial charge in [0.15, 0.2) is 0 Å². The van der Waals surface area contributed by atoms with Gasteiger partial charge in [0.25, 0.3) is 5.56 Å². The zero-order valence-electron chi connectivity index (χ0n) is 17.4. The number of piperidine rings is 1.